The third-order valence-electron chi connectivity index (χ3n) is 2.04. The molecule has 1 aromatic heterocycles. The molecule has 0 bridgehead atoms. The molecule has 0 saturated carbocycles. The molecule has 0 aliphatic heterocycles. The van der Waals surface area contributed by atoms with Crippen LogP contribution in [0.5, 0.6) is 0 Å². The van der Waals surface area contributed by atoms with Crippen LogP contribution in [0.3, 0.4) is 0 Å². The Morgan fingerprint density at radius 3 is 2.92 bits per heavy atom. The van der Waals surface area contributed by atoms with E-state index in [0.29, 0.717) is 10.6 Å². The van der Waals surface area contributed by atoms with E-state index in [-0.39, 0.29) is 5.78 Å². The van der Waals surface area contributed by atoms with Crippen LogP contribution in [0.15, 0.2) is 24.4 Å². The second-order valence-electron chi connectivity index (χ2n) is 2.95. The lowest BCUT2D eigenvalue weighted by atomic mass is 10.1. The SMILES string of the molecule is CC(=O)c1ccc2c(Cl)c[nH]c2c1. The van der Waals surface area contributed by atoms with E-state index in [1.54, 1.807) is 19.2 Å². The summed E-state index contributed by atoms with van der Waals surface area (Å²) >= 11 is 5.89. The van der Waals surface area contributed by atoms with Crippen LogP contribution in [0, 0.1) is 0 Å². The molecule has 0 aliphatic rings. The predicted molar refractivity (Wildman–Crippen MR) is 53.3 cm³/mol. The summed E-state index contributed by atoms with van der Waals surface area (Å²) in [6, 6.07) is 5.44. The first-order valence-corrected chi connectivity index (χ1v) is 4.34. The van der Waals surface area contributed by atoms with Crippen molar-refractivity contribution in [1.29, 1.82) is 0 Å². The minimum Gasteiger partial charge on any atom is -0.360 e. The molecule has 1 heterocycles. The van der Waals surface area contributed by atoms with Crippen molar-refractivity contribution in [1.82, 2.24) is 4.98 Å². The molecule has 1 aromatic carbocycles. The van der Waals surface area contributed by atoms with Crippen LogP contribution in [0.25, 0.3) is 10.9 Å². The van der Waals surface area contributed by atoms with Gasteiger partial charge in [0.05, 0.1) is 5.02 Å². The number of hydrogen-bond donors (Lipinski definition) is 1. The Balaban J connectivity index is 2.70. The quantitative estimate of drug-likeness (QED) is 0.694. The Morgan fingerprint density at radius 1 is 1.46 bits per heavy atom. The monoisotopic (exact) mass is 193 g/mol. The fourth-order valence-corrected chi connectivity index (χ4v) is 1.53. The smallest absolute Gasteiger partial charge is 0.159 e. The molecule has 13 heavy (non-hydrogen) atoms. The number of rotatable bonds is 1. The maximum absolute atomic E-state index is 11.0. The molecule has 3 heteroatoms. The average molecular weight is 194 g/mol. The number of aromatic amines is 1. The highest BCUT2D eigenvalue weighted by Crippen LogP contribution is 2.23. The van der Waals surface area contributed by atoms with Crippen molar-refractivity contribution < 1.29 is 4.79 Å². The first-order valence-electron chi connectivity index (χ1n) is 3.96. The molecular weight excluding hydrogens is 186 g/mol. The van der Waals surface area contributed by atoms with Gasteiger partial charge in [-0.05, 0) is 13.0 Å². The summed E-state index contributed by atoms with van der Waals surface area (Å²) < 4.78 is 0. The van der Waals surface area contributed by atoms with Crippen molar-refractivity contribution in [2.24, 2.45) is 0 Å². The summed E-state index contributed by atoms with van der Waals surface area (Å²) in [5.74, 6) is 0.0626. The fraction of sp³-hybridized carbons (Fsp3) is 0.100. The van der Waals surface area contributed by atoms with Crippen molar-refractivity contribution in [2.45, 2.75) is 6.92 Å². The van der Waals surface area contributed by atoms with Gasteiger partial charge in [0.15, 0.2) is 5.78 Å². The van der Waals surface area contributed by atoms with Gasteiger partial charge in [0.25, 0.3) is 0 Å². The topological polar surface area (TPSA) is 32.9 Å². The first-order chi connectivity index (χ1) is 6.18. The molecule has 0 radical (unpaired) electrons. The Hall–Kier alpha value is -1.28. The molecule has 0 atom stereocenters. The van der Waals surface area contributed by atoms with Gasteiger partial charge < -0.3 is 4.98 Å². The molecule has 0 spiro atoms. The highest BCUT2D eigenvalue weighted by molar-refractivity contribution is 6.35. The van der Waals surface area contributed by atoms with E-state index in [9.17, 15) is 4.79 Å². The number of carbonyl (C=O) groups excluding carboxylic acids is 1. The molecule has 66 valence electrons. The van der Waals surface area contributed by atoms with Crippen molar-refractivity contribution in [3.05, 3.63) is 35.0 Å². The molecule has 0 saturated heterocycles. The Kier molecular flexibility index (Phi) is 1.85. The van der Waals surface area contributed by atoms with Crippen molar-refractivity contribution in [3.63, 3.8) is 0 Å². The third-order valence-corrected chi connectivity index (χ3v) is 2.35. The largest absolute Gasteiger partial charge is 0.360 e. The second kappa shape index (κ2) is 2.89. The van der Waals surface area contributed by atoms with E-state index < -0.39 is 0 Å². The van der Waals surface area contributed by atoms with Gasteiger partial charge in [-0.25, -0.2) is 0 Å². The number of fused-ring (bicyclic) bond motifs is 1. The van der Waals surface area contributed by atoms with Crippen LogP contribution in [0.4, 0.5) is 0 Å². The van der Waals surface area contributed by atoms with Crippen LogP contribution in [0.2, 0.25) is 5.02 Å². The summed E-state index contributed by atoms with van der Waals surface area (Å²) in [5, 5.41) is 1.64. The molecule has 0 fully saturated rings. The van der Waals surface area contributed by atoms with Gasteiger partial charge in [0.2, 0.25) is 0 Å². The minimum absolute atomic E-state index is 0.0626. The number of halogens is 1. The van der Waals surface area contributed by atoms with Crippen LogP contribution in [-0.4, -0.2) is 10.8 Å². The van der Waals surface area contributed by atoms with Gasteiger partial charge in [0.1, 0.15) is 0 Å². The van der Waals surface area contributed by atoms with Gasteiger partial charge in [0, 0.05) is 22.7 Å². The fourth-order valence-electron chi connectivity index (χ4n) is 1.31. The molecule has 0 unspecified atom stereocenters. The van der Waals surface area contributed by atoms with E-state index in [4.69, 9.17) is 11.6 Å². The van der Waals surface area contributed by atoms with Gasteiger partial charge in [-0.1, -0.05) is 23.7 Å². The van der Waals surface area contributed by atoms with E-state index >= 15 is 0 Å². The lowest BCUT2D eigenvalue weighted by Gasteiger charge is -1.95. The van der Waals surface area contributed by atoms with Gasteiger partial charge >= 0.3 is 0 Å². The number of nitrogens with one attached hydrogen (secondary N) is 1. The van der Waals surface area contributed by atoms with Crippen molar-refractivity contribution in [3.8, 4) is 0 Å². The first kappa shape index (κ1) is 8.32. The van der Waals surface area contributed by atoms with Crippen LogP contribution < -0.4 is 0 Å². The van der Waals surface area contributed by atoms with E-state index in [1.807, 2.05) is 12.1 Å². The molecule has 2 nitrogen and oxygen atoms in total. The molecule has 1 N–H and O–H groups in total. The Morgan fingerprint density at radius 2 is 2.23 bits per heavy atom. The zero-order valence-electron chi connectivity index (χ0n) is 7.10. The minimum atomic E-state index is 0.0626. The molecular formula is C10H8ClNO. The molecule has 0 aliphatic carbocycles. The third kappa shape index (κ3) is 1.33. The number of hydrogen-bond acceptors (Lipinski definition) is 1. The zero-order chi connectivity index (χ0) is 9.42. The average Bonchev–Trinajstić information content (AvgIpc) is 2.47. The van der Waals surface area contributed by atoms with Crippen LogP contribution in [0.1, 0.15) is 17.3 Å². The van der Waals surface area contributed by atoms with Crippen molar-refractivity contribution in [2.75, 3.05) is 0 Å². The van der Waals surface area contributed by atoms with Gasteiger partial charge in [-0.3, -0.25) is 4.79 Å². The zero-order valence-corrected chi connectivity index (χ0v) is 7.85. The Bertz CT molecular complexity index is 473. The van der Waals surface area contributed by atoms with E-state index in [1.165, 1.54) is 0 Å². The summed E-state index contributed by atoms with van der Waals surface area (Å²) in [4.78, 5) is 14.0. The number of aromatic nitrogens is 1. The summed E-state index contributed by atoms with van der Waals surface area (Å²) in [5.41, 5.74) is 1.60. The highest BCUT2D eigenvalue weighted by atomic mass is 35.5. The second-order valence-corrected chi connectivity index (χ2v) is 3.36. The Labute approximate surface area is 80.5 Å². The standard InChI is InChI=1S/C10H8ClNO/c1-6(13)7-2-3-8-9(11)5-12-10(8)4-7/h2-5,12H,1H3. The number of benzene rings is 1. The number of ketones is 1. The van der Waals surface area contributed by atoms with E-state index in [0.717, 1.165) is 10.9 Å². The number of H-pyrrole nitrogens is 1. The van der Waals surface area contributed by atoms with Crippen LogP contribution >= 0.6 is 11.6 Å². The van der Waals surface area contributed by atoms with Crippen molar-refractivity contribution >= 4 is 28.3 Å². The summed E-state index contributed by atoms with van der Waals surface area (Å²) in [6.07, 6.45) is 1.72. The lowest BCUT2D eigenvalue weighted by molar-refractivity contribution is 0.101. The normalized spacial score (nSPS) is 10.6. The molecule has 2 rings (SSSR count). The molecule has 0 amide bonds. The highest BCUT2D eigenvalue weighted by Gasteiger charge is 2.04. The lowest BCUT2D eigenvalue weighted by Crippen LogP contribution is -1.90. The van der Waals surface area contributed by atoms with Crippen LogP contribution in [-0.2, 0) is 0 Å². The van der Waals surface area contributed by atoms with Gasteiger partial charge in [-0.2, -0.15) is 0 Å². The predicted octanol–water partition coefficient (Wildman–Crippen LogP) is 3.02. The number of Topliss-reactive ketones (excluding diaryl/α,β-unsaturated/α-hetero) is 1. The number of carbonyl (C=O) groups is 1. The summed E-state index contributed by atoms with van der Waals surface area (Å²) in [7, 11) is 0. The van der Waals surface area contributed by atoms with E-state index in [2.05, 4.69) is 4.98 Å². The maximum atomic E-state index is 11.0. The molecule has 2 aromatic rings. The maximum Gasteiger partial charge on any atom is 0.159 e. The van der Waals surface area contributed by atoms with Gasteiger partial charge in [-0.15, -0.1) is 0 Å². The summed E-state index contributed by atoms with van der Waals surface area (Å²) in [6.45, 7) is 1.55.